The van der Waals surface area contributed by atoms with E-state index in [0.29, 0.717) is 13.0 Å². The van der Waals surface area contributed by atoms with Crippen LogP contribution >= 0.6 is 0 Å². The fraction of sp³-hybridized carbons (Fsp3) is 0.250. The van der Waals surface area contributed by atoms with Crippen LogP contribution in [0.2, 0.25) is 0 Å². The van der Waals surface area contributed by atoms with Crippen LogP contribution in [0.4, 0.5) is 0 Å². The molecule has 0 heterocycles. The van der Waals surface area contributed by atoms with E-state index in [1.165, 1.54) is 22.3 Å². The smallest absolute Gasteiger partial charge is 0.333 e. The average molecular weight is 292 g/mol. The minimum atomic E-state index is -0.214. The molecule has 3 rings (SSSR count). The SMILES string of the molecule is CCOC(=O)/C(=C/c1ccc2c(c1)Cc1ccccc1-2)CC. The molecule has 0 amide bonds. The molecule has 0 fully saturated rings. The van der Waals surface area contributed by atoms with Crippen molar-refractivity contribution >= 4 is 12.0 Å². The summed E-state index contributed by atoms with van der Waals surface area (Å²) in [5.74, 6) is -0.214. The summed E-state index contributed by atoms with van der Waals surface area (Å²) in [6.45, 7) is 4.22. The summed E-state index contributed by atoms with van der Waals surface area (Å²) < 4.78 is 5.10. The van der Waals surface area contributed by atoms with Gasteiger partial charge in [-0.2, -0.15) is 0 Å². The minimum Gasteiger partial charge on any atom is -0.463 e. The van der Waals surface area contributed by atoms with Crippen LogP contribution in [0.3, 0.4) is 0 Å². The summed E-state index contributed by atoms with van der Waals surface area (Å²) in [6.07, 6.45) is 3.59. The van der Waals surface area contributed by atoms with Gasteiger partial charge in [0.05, 0.1) is 6.61 Å². The maximum absolute atomic E-state index is 11.9. The van der Waals surface area contributed by atoms with Gasteiger partial charge in [-0.3, -0.25) is 0 Å². The van der Waals surface area contributed by atoms with Crippen molar-refractivity contribution in [2.75, 3.05) is 6.61 Å². The standard InChI is InChI=1S/C20H20O2/c1-3-15(20(21)22-4-2)11-14-9-10-19-17(12-14)13-16-7-5-6-8-18(16)19/h5-12H,3-4,13H2,1-2H3/b15-11+. The zero-order valence-corrected chi connectivity index (χ0v) is 13.1. The topological polar surface area (TPSA) is 26.3 Å². The Hall–Kier alpha value is -2.35. The quantitative estimate of drug-likeness (QED) is 0.518. The Morgan fingerprint density at radius 2 is 1.86 bits per heavy atom. The van der Waals surface area contributed by atoms with Crippen LogP contribution in [0.5, 0.6) is 0 Å². The Balaban J connectivity index is 1.92. The van der Waals surface area contributed by atoms with Crippen molar-refractivity contribution in [2.24, 2.45) is 0 Å². The first kappa shape index (κ1) is 14.6. The van der Waals surface area contributed by atoms with Gasteiger partial charge in [0.15, 0.2) is 0 Å². The predicted molar refractivity (Wildman–Crippen MR) is 89.6 cm³/mol. The third kappa shape index (κ3) is 2.69. The molecule has 0 radical (unpaired) electrons. The highest BCUT2D eigenvalue weighted by Crippen LogP contribution is 2.37. The van der Waals surface area contributed by atoms with Crippen LogP contribution in [0.1, 0.15) is 37.0 Å². The van der Waals surface area contributed by atoms with Crippen molar-refractivity contribution in [2.45, 2.75) is 26.7 Å². The van der Waals surface area contributed by atoms with E-state index in [0.717, 1.165) is 17.6 Å². The van der Waals surface area contributed by atoms with Gasteiger partial charge in [0.1, 0.15) is 0 Å². The van der Waals surface area contributed by atoms with Crippen LogP contribution in [0.25, 0.3) is 17.2 Å². The molecule has 0 atom stereocenters. The van der Waals surface area contributed by atoms with E-state index in [1.54, 1.807) is 0 Å². The minimum absolute atomic E-state index is 0.214. The van der Waals surface area contributed by atoms with Crippen LogP contribution < -0.4 is 0 Å². The van der Waals surface area contributed by atoms with Crippen molar-refractivity contribution in [3.63, 3.8) is 0 Å². The van der Waals surface area contributed by atoms with Gasteiger partial charge < -0.3 is 4.74 Å². The van der Waals surface area contributed by atoms with E-state index in [9.17, 15) is 4.79 Å². The first-order valence-corrected chi connectivity index (χ1v) is 7.81. The van der Waals surface area contributed by atoms with Gasteiger partial charge >= 0.3 is 5.97 Å². The van der Waals surface area contributed by atoms with Crippen molar-refractivity contribution in [1.29, 1.82) is 0 Å². The predicted octanol–water partition coefficient (Wildman–Crippen LogP) is 4.61. The van der Waals surface area contributed by atoms with E-state index < -0.39 is 0 Å². The van der Waals surface area contributed by atoms with Crippen LogP contribution in [-0.4, -0.2) is 12.6 Å². The molecule has 2 aromatic rings. The van der Waals surface area contributed by atoms with Crippen LogP contribution in [0.15, 0.2) is 48.0 Å². The van der Waals surface area contributed by atoms with Gasteiger partial charge in [-0.15, -0.1) is 0 Å². The normalized spacial score (nSPS) is 12.7. The van der Waals surface area contributed by atoms with E-state index >= 15 is 0 Å². The van der Waals surface area contributed by atoms with Crippen molar-refractivity contribution in [3.05, 3.63) is 64.7 Å². The number of hydrogen-bond acceptors (Lipinski definition) is 2. The maximum atomic E-state index is 11.9. The molecule has 0 aliphatic heterocycles. The van der Waals surface area contributed by atoms with Gasteiger partial charge in [-0.25, -0.2) is 4.79 Å². The molecule has 0 saturated carbocycles. The fourth-order valence-electron chi connectivity index (χ4n) is 2.99. The lowest BCUT2D eigenvalue weighted by atomic mass is 10.0. The number of hydrogen-bond donors (Lipinski definition) is 0. The van der Waals surface area contributed by atoms with E-state index in [4.69, 9.17) is 4.74 Å². The summed E-state index contributed by atoms with van der Waals surface area (Å²) in [4.78, 5) is 11.9. The molecule has 0 bridgehead atoms. The summed E-state index contributed by atoms with van der Waals surface area (Å²) in [5, 5.41) is 0. The van der Waals surface area contributed by atoms with E-state index in [-0.39, 0.29) is 5.97 Å². The second-order valence-corrected chi connectivity index (χ2v) is 5.49. The first-order valence-electron chi connectivity index (χ1n) is 7.81. The number of rotatable bonds is 4. The van der Waals surface area contributed by atoms with Gasteiger partial charge in [0.2, 0.25) is 0 Å². The Labute approximate surface area is 131 Å². The summed E-state index contributed by atoms with van der Waals surface area (Å²) in [6, 6.07) is 14.9. The van der Waals surface area contributed by atoms with Crippen LogP contribution in [-0.2, 0) is 16.0 Å². The highest BCUT2D eigenvalue weighted by molar-refractivity contribution is 5.93. The largest absolute Gasteiger partial charge is 0.463 e. The average Bonchev–Trinajstić information content (AvgIpc) is 2.90. The highest BCUT2D eigenvalue weighted by Gasteiger charge is 2.17. The Morgan fingerprint density at radius 1 is 1.09 bits per heavy atom. The molecule has 0 aromatic heterocycles. The van der Waals surface area contributed by atoms with Crippen molar-refractivity contribution < 1.29 is 9.53 Å². The molecule has 2 heteroatoms. The summed E-state index contributed by atoms with van der Waals surface area (Å²) in [5.41, 5.74) is 7.12. The zero-order chi connectivity index (χ0) is 15.5. The number of fused-ring (bicyclic) bond motifs is 3. The molecule has 0 N–H and O–H groups in total. The van der Waals surface area contributed by atoms with Crippen LogP contribution in [0, 0.1) is 0 Å². The van der Waals surface area contributed by atoms with E-state index in [1.807, 2.05) is 19.9 Å². The Bertz CT molecular complexity index is 741. The number of ether oxygens (including phenoxy) is 1. The lowest BCUT2D eigenvalue weighted by Crippen LogP contribution is -2.06. The molecule has 0 unspecified atom stereocenters. The number of esters is 1. The molecule has 1 aliphatic carbocycles. The third-order valence-electron chi connectivity index (χ3n) is 4.08. The number of carbonyl (C=O) groups excluding carboxylic acids is 1. The monoisotopic (exact) mass is 292 g/mol. The highest BCUT2D eigenvalue weighted by atomic mass is 16.5. The lowest BCUT2D eigenvalue weighted by Gasteiger charge is -2.06. The molecule has 1 aliphatic rings. The molecule has 0 saturated heterocycles. The number of benzene rings is 2. The maximum Gasteiger partial charge on any atom is 0.333 e. The zero-order valence-electron chi connectivity index (χ0n) is 13.1. The Kier molecular flexibility index (Phi) is 4.10. The molecule has 2 aromatic carbocycles. The molecular weight excluding hydrogens is 272 g/mol. The number of carbonyl (C=O) groups is 1. The second-order valence-electron chi connectivity index (χ2n) is 5.49. The van der Waals surface area contributed by atoms with Gasteiger partial charge in [-0.05, 0) is 53.7 Å². The summed E-state index contributed by atoms with van der Waals surface area (Å²) >= 11 is 0. The Morgan fingerprint density at radius 3 is 2.64 bits per heavy atom. The summed E-state index contributed by atoms with van der Waals surface area (Å²) in [7, 11) is 0. The molecular formula is C20H20O2. The lowest BCUT2D eigenvalue weighted by molar-refractivity contribution is -0.138. The van der Waals surface area contributed by atoms with Crippen molar-refractivity contribution in [3.8, 4) is 11.1 Å². The van der Waals surface area contributed by atoms with Gasteiger partial charge in [0, 0.05) is 5.57 Å². The van der Waals surface area contributed by atoms with Gasteiger partial charge in [-0.1, -0.05) is 49.4 Å². The molecule has 22 heavy (non-hydrogen) atoms. The third-order valence-corrected chi connectivity index (χ3v) is 4.08. The van der Waals surface area contributed by atoms with Crippen molar-refractivity contribution in [1.82, 2.24) is 0 Å². The first-order chi connectivity index (χ1) is 10.7. The van der Waals surface area contributed by atoms with Gasteiger partial charge in [0.25, 0.3) is 0 Å². The fourth-order valence-corrected chi connectivity index (χ4v) is 2.99. The van der Waals surface area contributed by atoms with E-state index in [2.05, 4.69) is 42.5 Å². The molecule has 112 valence electrons. The molecule has 2 nitrogen and oxygen atoms in total. The molecule has 0 spiro atoms. The second kappa shape index (κ2) is 6.18.